The molecule has 0 saturated carbocycles. The number of hydrogen-bond donors (Lipinski definition) is 1. The van der Waals surface area contributed by atoms with Gasteiger partial charge in [-0.2, -0.15) is 0 Å². The first-order chi connectivity index (χ1) is 10.5. The fourth-order valence-corrected chi connectivity index (χ4v) is 2.28. The van der Waals surface area contributed by atoms with E-state index in [0.29, 0.717) is 27.0 Å². The van der Waals surface area contributed by atoms with E-state index in [1.807, 2.05) is 0 Å². The van der Waals surface area contributed by atoms with Gasteiger partial charge in [0.05, 0.1) is 10.0 Å². The predicted octanol–water partition coefficient (Wildman–Crippen LogP) is 4.05. The number of nitrogens with one attached hydrogen (secondary N) is 1. The minimum atomic E-state index is -0.347. The van der Waals surface area contributed by atoms with Gasteiger partial charge in [-0.3, -0.25) is 4.79 Å². The van der Waals surface area contributed by atoms with Crippen molar-refractivity contribution in [3.05, 3.63) is 75.2 Å². The second kappa shape index (κ2) is 5.91. The van der Waals surface area contributed by atoms with Crippen LogP contribution in [0.25, 0.3) is 6.08 Å². The predicted molar refractivity (Wildman–Crippen MR) is 85.5 cm³/mol. The molecule has 6 heteroatoms. The Hall–Kier alpha value is -2.17. The molecule has 0 spiro atoms. The molecular formula is C16H9Cl2FN2O. The van der Waals surface area contributed by atoms with E-state index in [9.17, 15) is 9.18 Å². The highest BCUT2D eigenvalue weighted by Gasteiger charge is 2.21. The van der Waals surface area contributed by atoms with Crippen molar-refractivity contribution in [2.75, 3.05) is 0 Å². The molecule has 2 aromatic carbocycles. The van der Waals surface area contributed by atoms with Gasteiger partial charge in [0.25, 0.3) is 5.91 Å². The van der Waals surface area contributed by atoms with Crippen molar-refractivity contribution < 1.29 is 9.18 Å². The summed E-state index contributed by atoms with van der Waals surface area (Å²) in [5, 5.41) is 3.49. The second-order valence-electron chi connectivity index (χ2n) is 4.62. The Morgan fingerprint density at radius 1 is 1.05 bits per heavy atom. The van der Waals surface area contributed by atoms with Gasteiger partial charge < -0.3 is 5.32 Å². The monoisotopic (exact) mass is 334 g/mol. The van der Waals surface area contributed by atoms with Crippen molar-refractivity contribution in [1.29, 1.82) is 0 Å². The summed E-state index contributed by atoms with van der Waals surface area (Å²) in [6.07, 6.45) is 1.61. The highest BCUT2D eigenvalue weighted by molar-refractivity contribution is 6.42. The van der Waals surface area contributed by atoms with Crippen LogP contribution in [0.5, 0.6) is 0 Å². The summed E-state index contributed by atoms with van der Waals surface area (Å²) in [4.78, 5) is 16.2. The number of amidine groups is 1. The topological polar surface area (TPSA) is 41.5 Å². The molecule has 0 fully saturated rings. The van der Waals surface area contributed by atoms with Crippen LogP contribution in [0.3, 0.4) is 0 Å². The summed E-state index contributed by atoms with van der Waals surface area (Å²) in [7, 11) is 0. The molecule has 0 atom stereocenters. The SMILES string of the molecule is O=C1NC(c2ccc(F)cc2)=N/C1=C/c1ccc(Cl)c(Cl)c1. The fourth-order valence-electron chi connectivity index (χ4n) is 1.97. The maximum Gasteiger partial charge on any atom is 0.275 e. The van der Waals surface area contributed by atoms with Crippen LogP contribution in [0.15, 0.2) is 53.2 Å². The van der Waals surface area contributed by atoms with Gasteiger partial charge in [0.15, 0.2) is 0 Å². The lowest BCUT2D eigenvalue weighted by Gasteiger charge is -1.99. The molecule has 1 aliphatic rings. The molecule has 1 aliphatic heterocycles. The van der Waals surface area contributed by atoms with Crippen LogP contribution in [-0.4, -0.2) is 11.7 Å². The number of hydrogen-bond acceptors (Lipinski definition) is 2. The number of nitrogens with zero attached hydrogens (tertiary/aromatic N) is 1. The van der Waals surface area contributed by atoms with E-state index in [-0.39, 0.29) is 17.4 Å². The smallest absolute Gasteiger partial charge is 0.275 e. The molecule has 0 radical (unpaired) electrons. The summed E-state index contributed by atoms with van der Waals surface area (Å²) in [5.74, 6) is -0.290. The van der Waals surface area contributed by atoms with Crippen molar-refractivity contribution in [2.45, 2.75) is 0 Å². The summed E-state index contributed by atoms with van der Waals surface area (Å²) >= 11 is 11.8. The Morgan fingerprint density at radius 2 is 1.77 bits per heavy atom. The van der Waals surface area contributed by atoms with Crippen LogP contribution in [0.2, 0.25) is 10.0 Å². The Balaban J connectivity index is 1.93. The molecule has 110 valence electrons. The lowest BCUT2D eigenvalue weighted by atomic mass is 10.2. The van der Waals surface area contributed by atoms with E-state index < -0.39 is 0 Å². The fraction of sp³-hybridized carbons (Fsp3) is 0. The number of rotatable bonds is 2. The van der Waals surface area contributed by atoms with E-state index in [1.165, 1.54) is 12.1 Å². The first-order valence-electron chi connectivity index (χ1n) is 6.36. The van der Waals surface area contributed by atoms with Crippen LogP contribution in [0.1, 0.15) is 11.1 Å². The van der Waals surface area contributed by atoms with Crippen molar-refractivity contribution in [1.82, 2.24) is 5.32 Å². The molecule has 22 heavy (non-hydrogen) atoms. The molecule has 0 saturated heterocycles. The Labute approximate surface area is 136 Å². The third-order valence-corrected chi connectivity index (χ3v) is 3.80. The third kappa shape index (κ3) is 3.03. The van der Waals surface area contributed by atoms with Crippen LogP contribution < -0.4 is 5.32 Å². The summed E-state index contributed by atoms with van der Waals surface area (Å²) < 4.78 is 12.9. The van der Waals surface area contributed by atoms with E-state index in [0.717, 1.165) is 0 Å². The Morgan fingerprint density at radius 3 is 2.45 bits per heavy atom. The molecule has 0 bridgehead atoms. The molecular weight excluding hydrogens is 326 g/mol. The van der Waals surface area contributed by atoms with E-state index in [4.69, 9.17) is 23.2 Å². The highest BCUT2D eigenvalue weighted by Crippen LogP contribution is 2.24. The van der Waals surface area contributed by atoms with Crippen molar-refractivity contribution in [3.8, 4) is 0 Å². The maximum absolute atomic E-state index is 12.9. The Bertz CT molecular complexity index is 813. The number of aliphatic imine (C=N–C) groups is 1. The van der Waals surface area contributed by atoms with Crippen LogP contribution >= 0.6 is 23.2 Å². The summed E-state index contributed by atoms with van der Waals surface area (Å²) in [6.45, 7) is 0. The largest absolute Gasteiger partial charge is 0.305 e. The number of halogens is 3. The first-order valence-corrected chi connectivity index (χ1v) is 7.11. The van der Waals surface area contributed by atoms with Gasteiger partial charge in [-0.05, 0) is 48.0 Å². The molecule has 0 unspecified atom stereocenters. The second-order valence-corrected chi connectivity index (χ2v) is 5.44. The molecule has 1 heterocycles. The quantitative estimate of drug-likeness (QED) is 0.827. The average molecular weight is 335 g/mol. The van der Waals surface area contributed by atoms with E-state index in [2.05, 4.69) is 10.3 Å². The summed E-state index contributed by atoms with van der Waals surface area (Å²) in [6, 6.07) is 10.8. The third-order valence-electron chi connectivity index (χ3n) is 3.06. The van der Waals surface area contributed by atoms with Crippen molar-refractivity contribution in [3.63, 3.8) is 0 Å². The van der Waals surface area contributed by atoms with Gasteiger partial charge in [0.1, 0.15) is 17.3 Å². The zero-order chi connectivity index (χ0) is 15.7. The van der Waals surface area contributed by atoms with Gasteiger partial charge >= 0.3 is 0 Å². The first kappa shape index (κ1) is 14.8. The van der Waals surface area contributed by atoms with E-state index >= 15 is 0 Å². The number of amides is 1. The van der Waals surface area contributed by atoms with Crippen LogP contribution in [0, 0.1) is 5.82 Å². The lowest BCUT2D eigenvalue weighted by Crippen LogP contribution is -2.24. The summed E-state index contributed by atoms with van der Waals surface area (Å²) in [5.41, 5.74) is 1.59. The number of carbonyl (C=O) groups is 1. The number of benzene rings is 2. The standard InChI is InChI=1S/C16H9Cl2FN2O/c17-12-6-1-9(7-13(12)18)8-14-16(22)21-15(20-14)10-2-4-11(19)5-3-10/h1-8H,(H,20,21,22)/b14-8+. The molecule has 2 aromatic rings. The molecule has 0 aliphatic carbocycles. The van der Waals surface area contributed by atoms with Crippen LogP contribution in [0.4, 0.5) is 4.39 Å². The van der Waals surface area contributed by atoms with Crippen LogP contribution in [-0.2, 0) is 4.79 Å². The Kier molecular flexibility index (Phi) is 3.96. The van der Waals surface area contributed by atoms with Gasteiger partial charge in [-0.1, -0.05) is 29.3 Å². The van der Waals surface area contributed by atoms with Gasteiger partial charge in [0, 0.05) is 5.56 Å². The average Bonchev–Trinajstić information content (AvgIpc) is 2.85. The number of carbonyl (C=O) groups excluding carboxylic acids is 1. The van der Waals surface area contributed by atoms with Crippen molar-refractivity contribution in [2.24, 2.45) is 4.99 Å². The molecule has 3 nitrogen and oxygen atoms in total. The van der Waals surface area contributed by atoms with Crippen molar-refractivity contribution >= 4 is 41.0 Å². The van der Waals surface area contributed by atoms with Gasteiger partial charge in [0.2, 0.25) is 0 Å². The molecule has 0 aromatic heterocycles. The van der Waals surface area contributed by atoms with Gasteiger partial charge in [-0.25, -0.2) is 9.38 Å². The molecule has 1 amide bonds. The normalized spacial score (nSPS) is 15.9. The molecule has 3 rings (SSSR count). The van der Waals surface area contributed by atoms with E-state index in [1.54, 1.807) is 36.4 Å². The zero-order valence-corrected chi connectivity index (χ0v) is 12.6. The lowest BCUT2D eigenvalue weighted by molar-refractivity contribution is -0.115. The minimum Gasteiger partial charge on any atom is -0.305 e. The minimum absolute atomic E-state index is 0.248. The highest BCUT2D eigenvalue weighted by atomic mass is 35.5. The van der Waals surface area contributed by atoms with Gasteiger partial charge in [-0.15, -0.1) is 0 Å². The molecule has 1 N–H and O–H groups in total. The zero-order valence-electron chi connectivity index (χ0n) is 11.1. The maximum atomic E-state index is 12.9.